The number of rotatable bonds is 8. The van der Waals surface area contributed by atoms with E-state index in [9.17, 15) is 18.0 Å². The fourth-order valence-corrected chi connectivity index (χ4v) is 3.85. The van der Waals surface area contributed by atoms with Gasteiger partial charge in [-0.3, -0.25) is 4.79 Å². The average Bonchev–Trinajstić information content (AvgIpc) is 2.84. The van der Waals surface area contributed by atoms with Gasteiger partial charge in [-0.2, -0.15) is 13.2 Å². The molecule has 0 aliphatic heterocycles. The first-order valence-corrected chi connectivity index (χ1v) is 11.1. The zero-order chi connectivity index (χ0) is 24.6. The topological polar surface area (TPSA) is 26.3 Å². The van der Waals surface area contributed by atoms with E-state index in [1.165, 1.54) is 24.8 Å². The molecular weight excluding hydrogens is 437 g/mol. The predicted octanol–water partition coefficient (Wildman–Crippen LogP) is 7.22. The highest BCUT2D eigenvalue weighted by Crippen LogP contribution is 2.31. The average molecular weight is 465 g/mol. The van der Waals surface area contributed by atoms with Gasteiger partial charge in [-0.25, -0.2) is 0 Å². The Kier molecular flexibility index (Phi) is 8.54. The zero-order valence-corrected chi connectivity index (χ0v) is 19.3. The van der Waals surface area contributed by atoms with E-state index >= 15 is 0 Å². The van der Waals surface area contributed by atoms with Crippen LogP contribution < -0.4 is 0 Å². The molecule has 0 saturated heterocycles. The molecule has 0 aliphatic carbocycles. The first-order valence-electron chi connectivity index (χ1n) is 11.1. The number of benzene rings is 3. The minimum Gasteiger partial charge on any atom is -0.469 e. The second kappa shape index (κ2) is 11.6. The van der Waals surface area contributed by atoms with Crippen LogP contribution in [0.25, 0.3) is 11.1 Å². The molecule has 0 aliphatic rings. The van der Waals surface area contributed by atoms with E-state index in [0.717, 1.165) is 53.6 Å². The molecule has 0 fully saturated rings. The van der Waals surface area contributed by atoms with Crippen molar-refractivity contribution in [2.75, 3.05) is 7.11 Å². The van der Waals surface area contributed by atoms with Crippen molar-refractivity contribution in [2.24, 2.45) is 0 Å². The molecule has 1 atom stereocenters. The van der Waals surface area contributed by atoms with E-state index in [4.69, 9.17) is 4.74 Å². The lowest BCUT2D eigenvalue weighted by atomic mass is 9.94. The van der Waals surface area contributed by atoms with Crippen LogP contribution in [0, 0.1) is 11.8 Å². The third-order valence-corrected chi connectivity index (χ3v) is 5.70. The Labute approximate surface area is 198 Å². The zero-order valence-electron chi connectivity index (χ0n) is 19.3. The van der Waals surface area contributed by atoms with Crippen molar-refractivity contribution in [3.8, 4) is 23.0 Å². The summed E-state index contributed by atoms with van der Waals surface area (Å²) in [6.07, 6.45) is -1.40. The predicted molar refractivity (Wildman–Crippen MR) is 128 cm³/mol. The normalized spacial score (nSPS) is 11.9. The Morgan fingerprint density at radius 2 is 1.59 bits per heavy atom. The fraction of sp³-hybridized carbons (Fsp3) is 0.276. The van der Waals surface area contributed by atoms with Crippen LogP contribution in [0.2, 0.25) is 0 Å². The maximum atomic E-state index is 12.8. The summed E-state index contributed by atoms with van der Waals surface area (Å²) in [6.45, 7) is 1.76. The molecule has 0 amide bonds. The standard InChI is InChI=1S/C29H27F3O2/c1-3-6-25(20-28(33)34-2)23-13-11-21(12-14-23)7-4-8-22-9-5-10-26(19-22)24-15-17-27(18-16-24)29(30,31)32/h5,9-19,25H,4,7-8,20H2,1-2H3/t25-/m0/s1. The fourth-order valence-electron chi connectivity index (χ4n) is 3.85. The Morgan fingerprint density at radius 1 is 0.912 bits per heavy atom. The molecule has 0 radical (unpaired) electrons. The van der Waals surface area contributed by atoms with Crippen LogP contribution in [0.4, 0.5) is 13.2 Å². The van der Waals surface area contributed by atoms with Gasteiger partial charge in [-0.05, 0) is 66.1 Å². The van der Waals surface area contributed by atoms with Crippen LogP contribution in [0.1, 0.15) is 47.9 Å². The highest BCUT2D eigenvalue weighted by Gasteiger charge is 2.29. The van der Waals surface area contributed by atoms with Gasteiger partial charge in [0.1, 0.15) is 0 Å². The Bertz CT molecular complexity index is 1150. The summed E-state index contributed by atoms with van der Waals surface area (Å²) in [5.74, 6) is 5.49. The van der Waals surface area contributed by atoms with Crippen molar-refractivity contribution in [1.29, 1.82) is 0 Å². The number of hydrogen-bond acceptors (Lipinski definition) is 2. The van der Waals surface area contributed by atoms with Crippen molar-refractivity contribution in [2.45, 2.75) is 44.7 Å². The van der Waals surface area contributed by atoms with Crippen molar-refractivity contribution in [1.82, 2.24) is 0 Å². The van der Waals surface area contributed by atoms with Gasteiger partial charge in [-0.1, -0.05) is 66.6 Å². The lowest BCUT2D eigenvalue weighted by molar-refractivity contribution is -0.141. The molecule has 3 aromatic rings. The van der Waals surface area contributed by atoms with Gasteiger partial charge >= 0.3 is 12.1 Å². The maximum Gasteiger partial charge on any atom is 0.416 e. The van der Waals surface area contributed by atoms with Crippen molar-refractivity contribution >= 4 is 5.97 Å². The van der Waals surface area contributed by atoms with E-state index < -0.39 is 11.7 Å². The molecule has 0 N–H and O–H groups in total. The van der Waals surface area contributed by atoms with Crippen LogP contribution in [0.5, 0.6) is 0 Å². The molecule has 0 unspecified atom stereocenters. The van der Waals surface area contributed by atoms with Crippen molar-refractivity contribution < 1.29 is 22.7 Å². The molecule has 5 heteroatoms. The molecule has 0 aromatic heterocycles. The van der Waals surface area contributed by atoms with Crippen LogP contribution in [-0.2, 0) is 28.5 Å². The third-order valence-electron chi connectivity index (χ3n) is 5.70. The molecule has 176 valence electrons. The monoisotopic (exact) mass is 464 g/mol. The number of esters is 1. The van der Waals surface area contributed by atoms with Crippen molar-refractivity contribution in [3.63, 3.8) is 0 Å². The van der Waals surface area contributed by atoms with E-state index in [2.05, 4.69) is 24.0 Å². The molecule has 3 aromatic carbocycles. The molecular formula is C29H27F3O2. The Hall–Kier alpha value is -3.52. The van der Waals surface area contributed by atoms with Gasteiger partial charge < -0.3 is 4.74 Å². The minimum absolute atomic E-state index is 0.181. The highest BCUT2D eigenvalue weighted by atomic mass is 19.4. The first-order chi connectivity index (χ1) is 16.3. The lowest BCUT2D eigenvalue weighted by Gasteiger charge is -2.11. The molecule has 3 rings (SSSR count). The summed E-state index contributed by atoms with van der Waals surface area (Å²) in [7, 11) is 1.38. The van der Waals surface area contributed by atoms with Gasteiger partial charge in [0.15, 0.2) is 0 Å². The summed E-state index contributed by atoms with van der Waals surface area (Å²) in [6, 6.07) is 21.3. The smallest absolute Gasteiger partial charge is 0.416 e. The van der Waals surface area contributed by atoms with Crippen LogP contribution in [-0.4, -0.2) is 13.1 Å². The van der Waals surface area contributed by atoms with Gasteiger partial charge in [0.05, 0.1) is 25.0 Å². The maximum absolute atomic E-state index is 12.8. The largest absolute Gasteiger partial charge is 0.469 e. The number of aryl methyl sites for hydroxylation is 2. The SMILES string of the molecule is CC#C[C@@H](CC(=O)OC)c1ccc(CCCc2cccc(-c3ccc(C(F)(F)F)cc3)c2)cc1. The summed E-state index contributed by atoms with van der Waals surface area (Å²) in [5.41, 5.74) is 4.37. The number of carbonyl (C=O) groups excluding carboxylic acids is 1. The second-order valence-electron chi connectivity index (χ2n) is 8.10. The van der Waals surface area contributed by atoms with E-state index in [-0.39, 0.29) is 18.3 Å². The first kappa shape index (κ1) is 25.1. The number of alkyl halides is 3. The molecule has 0 saturated carbocycles. The van der Waals surface area contributed by atoms with Gasteiger partial charge in [0.2, 0.25) is 0 Å². The van der Waals surface area contributed by atoms with Crippen LogP contribution in [0.3, 0.4) is 0 Å². The number of halogens is 3. The summed E-state index contributed by atoms with van der Waals surface area (Å²) in [5, 5.41) is 0. The van der Waals surface area contributed by atoms with Gasteiger partial charge in [0.25, 0.3) is 0 Å². The molecule has 34 heavy (non-hydrogen) atoms. The lowest BCUT2D eigenvalue weighted by Crippen LogP contribution is -2.07. The van der Waals surface area contributed by atoms with Gasteiger partial charge in [-0.15, -0.1) is 5.92 Å². The van der Waals surface area contributed by atoms with Gasteiger partial charge in [0, 0.05) is 0 Å². The van der Waals surface area contributed by atoms with E-state index in [1.54, 1.807) is 6.92 Å². The molecule has 0 bridgehead atoms. The second-order valence-corrected chi connectivity index (χ2v) is 8.10. The number of ether oxygens (including phenoxy) is 1. The van der Waals surface area contributed by atoms with E-state index in [0.29, 0.717) is 0 Å². The quantitative estimate of drug-likeness (QED) is 0.260. The van der Waals surface area contributed by atoms with Crippen LogP contribution in [0.15, 0.2) is 72.8 Å². The summed E-state index contributed by atoms with van der Waals surface area (Å²) in [4.78, 5) is 11.6. The van der Waals surface area contributed by atoms with Crippen LogP contribution >= 0.6 is 0 Å². The summed E-state index contributed by atoms with van der Waals surface area (Å²) < 4.78 is 43.2. The number of carbonyl (C=O) groups is 1. The summed E-state index contributed by atoms with van der Waals surface area (Å²) >= 11 is 0. The van der Waals surface area contributed by atoms with Crippen molar-refractivity contribution in [3.05, 3.63) is 95.1 Å². The van der Waals surface area contributed by atoms with E-state index in [1.807, 2.05) is 36.4 Å². The number of hydrogen-bond donors (Lipinski definition) is 0. The highest BCUT2D eigenvalue weighted by molar-refractivity contribution is 5.71. The number of methoxy groups -OCH3 is 1. The third kappa shape index (κ3) is 6.99. The molecule has 2 nitrogen and oxygen atoms in total. The molecule has 0 spiro atoms. The Balaban J connectivity index is 1.59. The molecule has 0 heterocycles. The Morgan fingerprint density at radius 3 is 2.21 bits per heavy atom. The minimum atomic E-state index is -4.33.